The molecule has 0 aliphatic rings. The van der Waals surface area contributed by atoms with Crippen LogP contribution < -0.4 is 10.9 Å². The predicted octanol–water partition coefficient (Wildman–Crippen LogP) is 5.01. The molecule has 0 aliphatic heterocycles. The zero-order valence-corrected chi connectivity index (χ0v) is 16.6. The van der Waals surface area contributed by atoms with Gasteiger partial charge in [-0.25, -0.2) is 4.68 Å². The van der Waals surface area contributed by atoms with Gasteiger partial charge in [-0.05, 0) is 41.1 Å². The van der Waals surface area contributed by atoms with Gasteiger partial charge in [0.25, 0.3) is 5.56 Å². The molecule has 5 nitrogen and oxygen atoms in total. The van der Waals surface area contributed by atoms with Gasteiger partial charge in [0.2, 0.25) is 5.91 Å². The summed E-state index contributed by atoms with van der Waals surface area (Å²) in [5, 5.41) is 9.96. The number of anilines is 1. The van der Waals surface area contributed by atoms with Crippen molar-refractivity contribution in [3.8, 4) is 11.3 Å². The molecule has 0 bridgehead atoms. The van der Waals surface area contributed by atoms with E-state index in [1.54, 1.807) is 24.3 Å². The Labute approximate surface area is 176 Å². The SMILES string of the molecule is O=C(Cn1nc(-c2ccc3ccccc3c2)ccc1=O)Nc1ccc(Cl)c(Cl)c1. The van der Waals surface area contributed by atoms with Crippen LogP contribution in [0.2, 0.25) is 10.0 Å². The van der Waals surface area contributed by atoms with Crippen molar-refractivity contribution in [3.05, 3.63) is 93.2 Å². The normalized spacial score (nSPS) is 10.8. The first-order valence-corrected chi connectivity index (χ1v) is 9.57. The Kier molecular flexibility index (Phi) is 5.34. The third kappa shape index (κ3) is 4.31. The molecule has 0 atom stereocenters. The molecule has 4 rings (SSSR count). The molecule has 144 valence electrons. The summed E-state index contributed by atoms with van der Waals surface area (Å²) in [6.07, 6.45) is 0. The minimum absolute atomic E-state index is 0.222. The van der Waals surface area contributed by atoms with E-state index in [4.69, 9.17) is 23.2 Å². The average Bonchev–Trinajstić information content (AvgIpc) is 2.72. The first kappa shape index (κ1) is 19.2. The van der Waals surface area contributed by atoms with E-state index in [2.05, 4.69) is 10.4 Å². The van der Waals surface area contributed by atoms with E-state index in [1.165, 1.54) is 6.07 Å². The van der Waals surface area contributed by atoms with Gasteiger partial charge in [0.05, 0.1) is 15.7 Å². The van der Waals surface area contributed by atoms with Gasteiger partial charge < -0.3 is 5.32 Å². The second-order valence-corrected chi connectivity index (χ2v) is 7.27. The largest absolute Gasteiger partial charge is 0.324 e. The molecule has 0 unspecified atom stereocenters. The molecule has 0 saturated heterocycles. The first-order chi connectivity index (χ1) is 14.0. The van der Waals surface area contributed by atoms with Crippen molar-refractivity contribution < 1.29 is 4.79 Å². The molecule has 1 amide bonds. The van der Waals surface area contributed by atoms with E-state index >= 15 is 0 Å². The topological polar surface area (TPSA) is 64.0 Å². The number of rotatable bonds is 4. The summed E-state index contributed by atoms with van der Waals surface area (Å²) in [5.41, 5.74) is 1.60. The number of fused-ring (bicyclic) bond motifs is 1. The van der Waals surface area contributed by atoms with Gasteiger partial charge in [0, 0.05) is 17.3 Å². The summed E-state index contributed by atoms with van der Waals surface area (Å²) in [6, 6.07) is 21.8. The zero-order chi connectivity index (χ0) is 20.4. The summed E-state index contributed by atoms with van der Waals surface area (Å²) in [7, 11) is 0. The van der Waals surface area contributed by atoms with Crippen LogP contribution in [-0.4, -0.2) is 15.7 Å². The first-order valence-electron chi connectivity index (χ1n) is 8.82. The maximum Gasteiger partial charge on any atom is 0.267 e. The zero-order valence-electron chi connectivity index (χ0n) is 15.1. The van der Waals surface area contributed by atoms with Crippen molar-refractivity contribution in [1.82, 2.24) is 9.78 Å². The van der Waals surface area contributed by atoms with E-state index in [1.807, 2.05) is 42.5 Å². The smallest absolute Gasteiger partial charge is 0.267 e. The fraction of sp³-hybridized carbons (Fsp3) is 0.0455. The molecule has 0 fully saturated rings. The van der Waals surface area contributed by atoms with Crippen molar-refractivity contribution in [3.63, 3.8) is 0 Å². The summed E-state index contributed by atoms with van der Waals surface area (Å²) in [4.78, 5) is 24.5. The maximum absolute atomic E-state index is 12.4. The Balaban J connectivity index is 1.58. The van der Waals surface area contributed by atoms with Crippen molar-refractivity contribution in [2.75, 3.05) is 5.32 Å². The van der Waals surface area contributed by atoms with Crippen LogP contribution >= 0.6 is 23.2 Å². The van der Waals surface area contributed by atoms with E-state index in [0.717, 1.165) is 21.0 Å². The predicted molar refractivity (Wildman–Crippen MR) is 117 cm³/mol. The number of carbonyl (C=O) groups excluding carboxylic acids is 1. The highest BCUT2D eigenvalue weighted by molar-refractivity contribution is 6.42. The van der Waals surface area contributed by atoms with Crippen LogP contribution in [0.3, 0.4) is 0 Å². The molecule has 0 spiro atoms. The second kappa shape index (κ2) is 8.07. The lowest BCUT2D eigenvalue weighted by Gasteiger charge is -2.09. The van der Waals surface area contributed by atoms with Crippen molar-refractivity contribution in [1.29, 1.82) is 0 Å². The van der Waals surface area contributed by atoms with Gasteiger partial charge >= 0.3 is 0 Å². The van der Waals surface area contributed by atoms with Crippen molar-refractivity contribution in [2.45, 2.75) is 6.54 Å². The lowest BCUT2D eigenvalue weighted by Crippen LogP contribution is -2.29. The number of hydrogen-bond donors (Lipinski definition) is 1. The standard InChI is InChI=1S/C22H15Cl2N3O2/c23-18-8-7-17(12-19(18)24)25-21(28)13-27-22(29)10-9-20(26-27)16-6-5-14-3-1-2-4-15(14)11-16/h1-12H,13H2,(H,25,28). The van der Waals surface area contributed by atoms with Gasteiger partial charge in [0.1, 0.15) is 6.54 Å². The number of nitrogens with one attached hydrogen (secondary N) is 1. The number of hydrogen-bond acceptors (Lipinski definition) is 3. The van der Waals surface area contributed by atoms with E-state index in [0.29, 0.717) is 21.4 Å². The monoisotopic (exact) mass is 423 g/mol. The fourth-order valence-electron chi connectivity index (χ4n) is 2.98. The van der Waals surface area contributed by atoms with Crippen molar-refractivity contribution in [2.24, 2.45) is 0 Å². The van der Waals surface area contributed by atoms with Crippen LogP contribution in [0.15, 0.2) is 77.6 Å². The lowest BCUT2D eigenvalue weighted by molar-refractivity contribution is -0.117. The number of aromatic nitrogens is 2. The summed E-state index contributed by atoms with van der Waals surface area (Å²) in [6.45, 7) is -0.222. The molecular weight excluding hydrogens is 409 g/mol. The Morgan fingerprint density at radius 3 is 2.48 bits per heavy atom. The van der Waals surface area contributed by atoms with Crippen molar-refractivity contribution >= 4 is 45.6 Å². The average molecular weight is 424 g/mol. The van der Waals surface area contributed by atoms with Gasteiger partial charge in [-0.3, -0.25) is 9.59 Å². The molecule has 1 heterocycles. The quantitative estimate of drug-likeness (QED) is 0.501. The Bertz CT molecular complexity index is 1280. The van der Waals surface area contributed by atoms with Crippen LogP contribution in [0.1, 0.15) is 0 Å². The lowest BCUT2D eigenvalue weighted by atomic mass is 10.1. The Hall–Kier alpha value is -3.15. The maximum atomic E-state index is 12.4. The third-order valence-corrected chi connectivity index (χ3v) is 5.15. The van der Waals surface area contributed by atoms with Crippen LogP contribution in [0.4, 0.5) is 5.69 Å². The molecule has 7 heteroatoms. The summed E-state index contributed by atoms with van der Waals surface area (Å²) in [5.74, 6) is -0.395. The molecule has 1 aromatic heterocycles. The highest BCUT2D eigenvalue weighted by atomic mass is 35.5. The highest BCUT2D eigenvalue weighted by Crippen LogP contribution is 2.25. The third-order valence-electron chi connectivity index (χ3n) is 4.41. The molecule has 1 N–H and O–H groups in total. The molecule has 0 radical (unpaired) electrons. The van der Waals surface area contributed by atoms with Crippen LogP contribution in [0.25, 0.3) is 22.0 Å². The van der Waals surface area contributed by atoms with E-state index < -0.39 is 5.91 Å². The Morgan fingerprint density at radius 2 is 1.69 bits per heavy atom. The van der Waals surface area contributed by atoms with Gasteiger partial charge in [-0.1, -0.05) is 59.6 Å². The van der Waals surface area contributed by atoms with Crippen LogP contribution in [0, 0.1) is 0 Å². The molecule has 3 aromatic carbocycles. The molecule has 0 saturated carbocycles. The molecule has 29 heavy (non-hydrogen) atoms. The number of halogens is 2. The summed E-state index contributed by atoms with van der Waals surface area (Å²) >= 11 is 11.8. The molecular formula is C22H15Cl2N3O2. The fourth-order valence-corrected chi connectivity index (χ4v) is 3.27. The van der Waals surface area contributed by atoms with Crippen LogP contribution in [-0.2, 0) is 11.3 Å². The summed E-state index contributed by atoms with van der Waals surface area (Å²) < 4.78 is 1.14. The van der Waals surface area contributed by atoms with Gasteiger partial charge in [-0.2, -0.15) is 5.10 Å². The number of carbonyl (C=O) groups is 1. The van der Waals surface area contributed by atoms with Crippen LogP contribution in [0.5, 0.6) is 0 Å². The van der Waals surface area contributed by atoms with Gasteiger partial charge in [-0.15, -0.1) is 0 Å². The molecule has 0 aliphatic carbocycles. The number of benzene rings is 3. The minimum atomic E-state index is -0.395. The van der Waals surface area contributed by atoms with E-state index in [-0.39, 0.29) is 12.1 Å². The number of nitrogens with zero attached hydrogens (tertiary/aromatic N) is 2. The molecule has 4 aromatic rings. The highest BCUT2D eigenvalue weighted by Gasteiger charge is 2.10. The Morgan fingerprint density at radius 1 is 0.897 bits per heavy atom. The van der Waals surface area contributed by atoms with Gasteiger partial charge in [0.15, 0.2) is 0 Å². The van der Waals surface area contributed by atoms with E-state index in [9.17, 15) is 9.59 Å². The number of amides is 1. The minimum Gasteiger partial charge on any atom is -0.324 e. The second-order valence-electron chi connectivity index (χ2n) is 6.45.